The molecular weight excluding hydrogens is 358 g/mol. The highest BCUT2D eigenvalue weighted by atomic mass is 79.9. The number of nitrogens with one attached hydrogen (secondary N) is 2. The third kappa shape index (κ3) is 3.79. The van der Waals surface area contributed by atoms with Gasteiger partial charge in [-0.05, 0) is 52.3 Å². The van der Waals surface area contributed by atoms with Gasteiger partial charge >= 0.3 is 0 Å². The summed E-state index contributed by atoms with van der Waals surface area (Å²) in [5.41, 5.74) is 0.746. The molecule has 21 heavy (non-hydrogen) atoms. The van der Waals surface area contributed by atoms with Crippen LogP contribution in [0.2, 0.25) is 0 Å². The molecule has 1 heterocycles. The molecule has 2 aromatic rings. The van der Waals surface area contributed by atoms with Gasteiger partial charge in [-0.2, -0.15) is 0 Å². The molecule has 0 aliphatic rings. The monoisotopic (exact) mass is 369 g/mol. The van der Waals surface area contributed by atoms with Crippen LogP contribution in [0.5, 0.6) is 0 Å². The number of halogens is 1. The summed E-state index contributed by atoms with van der Waals surface area (Å²) in [6.45, 7) is 0. The lowest BCUT2D eigenvalue weighted by molar-refractivity contribution is 0.0963. The predicted molar refractivity (Wildman–Crippen MR) is 82.6 cm³/mol. The Kier molecular flexibility index (Phi) is 4.59. The Morgan fingerprint density at radius 3 is 2.33 bits per heavy atom. The van der Waals surface area contributed by atoms with Gasteiger partial charge in [0.05, 0.1) is 16.8 Å². The molecule has 0 bridgehead atoms. The fraction of sp³-hybridized carbons (Fsp3) is 0.0769. The van der Waals surface area contributed by atoms with Gasteiger partial charge in [0, 0.05) is 12.6 Å². The van der Waals surface area contributed by atoms with Crippen molar-refractivity contribution >= 4 is 37.5 Å². The number of amides is 1. The van der Waals surface area contributed by atoms with Crippen molar-refractivity contribution in [2.45, 2.75) is 4.90 Å². The first-order chi connectivity index (χ1) is 9.92. The lowest BCUT2D eigenvalue weighted by atomic mass is 10.2. The summed E-state index contributed by atoms with van der Waals surface area (Å²) in [5, 5.41) is 2.47. The van der Waals surface area contributed by atoms with Gasteiger partial charge < -0.3 is 5.32 Å². The second kappa shape index (κ2) is 6.23. The van der Waals surface area contributed by atoms with E-state index in [1.165, 1.54) is 37.5 Å². The number of rotatable bonds is 4. The number of benzene rings is 1. The van der Waals surface area contributed by atoms with Gasteiger partial charge in [0.2, 0.25) is 0 Å². The van der Waals surface area contributed by atoms with Crippen LogP contribution in [-0.4, -0.2) is 26.4 Å². The van der Waals surface area contributed by atoms with E-state index in [2.05, 4.69) is 31.0 Å². The second-order valence-corrected chi connectivity index (χ2v) is 6.57. The number of sulfonamides is 1. The molecule has 0 aliphatic heterocycles. The molecule has 0 atom stereocenters. The fourth-order valence-corrected chi connectivity index (χ4v) is 2.86. The topological polar surface area (TPSA) is 88.2 Å². The highest BCUT2D eigenvalue weighted by Gasteiger charge is 2.15. The zero-order valence-corrected chi connectivity index (χ0v) is 13.4. The summed E-state index contributed by atoms with van der Waals surface area (Å²) in [6.07, 6.45) is 1.40. The number of hydrogen-bond donors (Lipinski definition) is 2. The maximum absolute atomic E-state index is 12.2. The molecule has 0 radical (unpaired) electrons. The molecule has 1 aromatic heterocycles. The Morgan fingerprint density at radius 1 is 1.14 bits per heavy atom. The van der Waals surface area contributed by atoms with E-state index in [-0.39, 0.29) is 10.8 Å². The Labute approximate surface area is 130 Å². The Bertz CT molecular complexity index is 743. The van der Waals surface area contributed by atoms with Crippen LogP contribution >= 0.6 is 15.9 Å². The van der Waals surface area contributed by atoms with Crippen LogP contribution in [0.1, 0.15) is 10.4 Å². The number of pyridine rings is 1. The van der Waals surface area contributed by atoms with Crippen molar-refractivity contribution in [2.75, 3.05) is 11.8 Å². The summed E-state index contributed by atoms with van der Waals surface area (Å²) in [5.74, 6) is -0.274. The molecule has 2 rings (SSSR count). The van der Waals surface area contributed by atoms with Gasteiger partial charge in [-0.15, -0.1) is 0 Å². The Morgan fingerprint density at radius 2 is 1.81 bits per heavy atom. The van der Waals surface area contributed by atoms with E-state index in [0.29, 0.717) is 15.9 Å². The minimum atomic E-state index is -3.71. The van der Waals surface area contributed by atoms with Crippen molar-refractivity contribution in [3.05, 3.63) is 52.8 Å². The SMILES string of the molecule is CNC(=O)c1ccc(S(=O)(=O)Nc2ccc(Br)nc2)cc1. The van der Waals surface area contributed by atoms with Crippen molar-refractivity contribution < 1.29 is 13.2 Å². The van der Waals surface area contributed by atoms with E-state index in [9.17, 15) is 13.2 Å². The van der Waals surface area contributed by atoms with E-state index in [1.807, 2.05) is 0 Å². The van der Waals surface area contributed by atoms with Crippen LogP contribution in [-0.2, 0) is 10.0 Å². The molecule has 0 unspecified atom stereocenters. The zero-order chi connectivity index (χ0) is 15.5. The summed E-state index contributed by atoms with van der Waals surface area (Å²) in [6, 6.07) is 8.87. The average molecular weight is 370 g/mol. The van der Waals surface area contributed by atoms with Gasteiger partial charge in [-0.3, -0.25) is 9.52 Å². The molecule has 0 aliphatic carbocycles. The molecule has 1 amide bonds. The van der Waals surface area contributed by atoms with E-state index in [0.717, 1.165) is 0 Å². The molecule has 2 N–H and O–H groups in total. The van der Waals surface area contributed by atoms with Crippen molar-refractivity contribution in [1.82, 2.24) is 10.3 Å². The fourth-order valence-electron chi connectivity index (χ4n) is 1.58. The molecule has 0 spiro atoms. The lowest BCUT2D eigenvalue weighted by Gasteiger charge is -2.08. The summed E-state index contributed by atoms with van der Waals surface area (Å²) in [4.78, 5) is 15.4. The molecule has 0 fully saturated rings. The summed E-state index contributed by atoms with van der Waals surface area (Å²) < 4.78 is 27.4. The van der Waals surface area contributed by atoms with E-state index >= 15 is 0 Å². The first kappa shape index (κ1) is 15.5. The number of nitrogens with zero attached hydrogens (tertiary/aromatic N) is 1. The smallest absolute Gasteiger partial charge is 0.261 e. The van der Waals surface area contributed by atoms with Crippen molar-refractivity contribution in [3.8, 4) is 0 Å². The van der Waals surface area contributed by atoms with Crippen LogP contribution in [0, 0.1) is 0 Å². The third-order valence-electron chi connectivity index (χ3n) is 2.63. The van der Waals surface area contributed by atoms with E-state index < -0.39 is 10.0 Å². The minimum Gasteiger partial charge on any atom is -0.355 e. The predicted octanol–water partition coefficient (Wildman–Crippen LogP) is 2.00. The molecule has 6 nitrogen and oxygen atoms in total. The molecule has 110 valence electrons. The molecule has 1 aromatic carbocycles. The first-order valence-corrected chi connectivity index (χ1v) is 8.16. The van der Waals surface area contributed by atoms with Crippen LogP contribution in [0.25, 0.3) is 0 Å². The normalized spacial score (nSPS) is 11.0. The highest BCUT2D eigenvalue weighted by Crippen LogP contribution is 2.17. The number of carbonyl (C=O) groups is 1. The number of hydrogen-bond acceptors (Lipinski definition) is 4. The van der Waals surface area contributed by atoms with Crippen LogP contribution in [0.15, 0.2) is 52.1 Å². The molecular formula is C13H12BrN3O3S. The zero-order valence-electron chi connectivity index (χ0n) is 11.0. The van der Waals surface area contributed by atoms with Gasteiger partial charge in [0.1, 0.15) is 4.60 Å². The quantitative estimate of drug-likeness (QED) is 0.806. The Balaban J connectivity index is 2.23. The Hall–Kier alpha value is -1.93. The van der Waals surface area contributed by atoms with Crippen molar-refractivity contribution in [1.29, 1.82) is 0 Å². The van der Waals surface area contributed by atoms with Crippen molar-refractivity contribution in [2.24, 2.45) is 0 Å². The van der Waals surface area contributed by atoms with Gasteiger partial charge in [-0.1, -0.05) is 0 Å². The van der Waals surface area contributed by atoms with Crippen LogP contribution in [0.3, 0.4) is 0 Å². The maximum Gasteiger partial charge on any atom is 0.261 e. The molecule has 0 saturated heterocycles. The first-order valence-electron chi connectivity index (χ1n) is 5.89. The lowest BCUT2D eigenvalue weighted by Crippen LogP contribution is -2.18. The summed E-state index contributed by atoms with van der Waals surface area (Å²) in [7, 11) is -2.20. The number of carbonyl (C=O) groups excluding carboxylic acids is 1. The number of anilines is 1. The van der Waals surface area contributed by atoms with E-state index in [4.69, 9.17) is 0 Å². The van der Waals surface area contributed by atoms with Crippen LogP contribution < -0.4 is 10.0 Å². The third-order valence-corrected chi connectivity index (χ3v) is 4.50. The summed E-state index contributed by atoms with van der Waals surface area (Å²) >= 11 is 3.17. The standard InChI is InChI=1S/C13H12BrN3O3S/c1-15-13(18)9-2-5-11(6-3-9)21(19,20)17-10-4-7-12(14)16-8-10/h2-8,17H,1H3,(H,15,18). The van der Waals surface area contributed by atoms with Gasteiger partial charge in [0.25, 0.3) is 15.9 Å². The van der Waals surface area contributed by atoms with Gasteiger partial charge in [-0.25, -0.2) is 13.4 Å². The van der Waals surface area contributed by atoms with Gasteiger partial charge in [0.15, 0.2) is 0 Å². The largest absolute Gasteiger partial charge is 0.355 e. The van der Waals surface area contributed by atoms with Crippen LogP contribution in [0.4, 0.5) is 5.69 Å². The van der Waals surface area contributed by atoms with E-state index in [1.54, 1.807) is 12.1 Å². The second-order valence-electron chi connectivity index (χ2n) is 4.08. The number of aromatic nitrogens is 1. The minimum absolute atomic E-state index is 0.0677. The molecule has 0 saturated carbocycles. The maximum atomic E-state index is 12.2. The molecule has 8 heteroatoms. The highest BCUT2D eigenvalue weighted by molar-refractivity contribution is 9.10. The average Bonchev–Trinajstić information content (AvgIpc) is 2.49. The van der Waals surface area contributed by atoms with Crippen molar-refractivity contribution in [3.63, 3.8) is 0 Å².